The van der Waals surface area contributed by atoms with Crippen molar-refractivity contribution in [2.24, 2.45) is 11.3 Å². The zero-order valence-electron chi connectivity index (χ0n) is 12.0. The Morgan fingerprint density at radius 2 is 1.89 bits per heavy atom. The van der Waals surface area contributed by atoms with Crippen LogP contribution in [-0.2, 0) is 19.1 Å². The molecule has 0 aliphatic rings. The number of carboxylic acid groups (broad SMARTS) is 1. The lowest BCUT2D eigenvalue weighted by atomic mass is 9.76. The molecular weight excluding hydrogens is 250 g/mol. The van der Waals surface area contributed by atoms with Crippen LogP contribution in [0.2, 0.25) is 0 Å². The van der Waals surface area contributed by atoms with Crippen molar-refractivity contribution in [3.63, 3.8) is 0 Å². The molecule has 0 saturated carbocycles. The van der Waals surface area contributed by atoms with Crippen LogP contribution in [0.5, 0.6) is 0 Å². The second-order valence-corrected chi connectivity index (χ2v) is 5.08. The minimum absolute atomic E-state index is 0.0712. The summed E-state index contributed by atoms with van der Waals surface area (Å²) >= 11 is 0. The number of aliphatic carboxylic acids is 1. The van der Waals surface area contributed by atoms with Crippen LogP contribution < -0.4 is 5.32 Å². The van der Waals surface area contributed by atoms with Gasteiger partial charge < -0.3 is 15.2 Å². The predicted molar refractivity (Wildman–Crippen MR) is 69.5 cm³/mol. The van der Waals surface area contributed by atoms with Crippen molar-refractivity contribution in [2.75, 3.05) is 13.7 Å². The van der Waals surface area contributed by atoms with E-state index in [1.165, 1.54) is 7.11 Å². The van der Waals surface area contributed by atoms with Crippen molar-refractivity contribution in [3.05, 3.63) is 0 Å². The van der Waals surface area contributed by atoms with E-state index in [0.717, 1.165) is 0 Å². The fraction of sp³-hybridized carbons (Fsp3) is 0.769. The maximum Gasteiger partial charge on any atom is 0.310 e. The highest BCUT2D eigenvalue weighted by Crippen LogP contribution is 2.31. The fourth-order valence-electron chi connectivity index (χ4n) is 1.49. The van der Waals surface area contributed by atoms with Gasteiger partial charge in [-0.2, -0.15) is 0 Å². The number of rotatable bonds is 8. The lowest BCUT2D eigenvalue weighted by molar-refractivity contribution is -0.153. The third kappa shape index (κ3) is 5.72. The average molecular weight is 273 g/mol. The highest BCUT2D eigenvalue weighted by atomic mass is 16.5. The summed E-state index contributed by atoms with van der Waals surface area (Å²) in [5.74, 6) is -1.77. The van der Waals surface area contributed by atoms with Crippen molar-refractivity contribution < 1.29 is 24.2 Å². The van der Waals surface area contributed by atoms with E-state index in [1.807, 2.05) is 0 Å². The summed E-state index contributed by atoms with van der Waals surface area (Å²) in [6.45, 7) is 5.45. The summed E-state index contributed by atoms with van der Waals surface area (Å²) in [4.78, 5) is 33.8. The Balaban J connectivity index is 4.16. The summed E-state index contributed by atoms with van der Waals surface area (Å²) < 4.78 is 4.47. The molecule has 0 radical (unpaired) electrons. The van der Waals surface area contributed by atoms with Crippen LogP contribution in [0.25, 0.3) is 0 Å². The van der Waals surface area contributed by atoms with E-state index in [1.54, 1.807) is 20.8 Å². The monoisotopic (exact) mass is 273 g/mol. The first-order chi connectivity index (χ1) is 8.74. The quantitative estimate of drug-likeness (QED) is 0.512. The summed E-state index contributed by atoms with van der Waals surface area (Å²) in [7, 11) is 1.31. The van der Waals surface area contributed by atoms with Crippen molar-refractivity contribution in [3.8, 4) is 0 Å². The highest BCUT2D eigenvalue weighted by Gasteiger charge is 2.38. The molecule has 1 unspecified atom stereocenters. The van der Waals surface area contributed by atoms with Crippen LogP contribution in [0, 0.1) is 11.3 Å². The molecule has 6 heteroatoms. The minimum Gasteiger partial charge on any atom is -0.481 e. The molecule has 1 atom stereocenters. The first-order valence-corrected chi connectivity index (χ1v) is 6.31. The van der Waals surface area contributed by atoms with E-state index >= 15 is 0 Å². The molecule has 0 rings (SSSR count). The molecule has 0 aromatic rings. The van der Waals surface area contributed by atoms with Crippen molar-refractivity contribution in [1.29, 1.82) is 0 Å². The number of methoxy groups -OCH3 is 1. The molecule has 2 N–H and O–H groups in total. The second-order valence-electron chi connectivity index (χ2n) is 5.08. The summed E-state index contributed by atoms with van der Waals surface area (Å²) in [6, 6.07) is 0. The van der Waals surface area contributed by atoms with E-state index in [2.05, 4.69) is 10.1 Å². The minimum atomic E-state index is -1.08. The molecule has 0 fully saturated rings. The molecule has 0 aromatic heterocycles. The largest absolute Gasteiger partial charge is 0.481 e. The summed E-state index contributed by atoms with van der Waals surface area (Å²) in [5, 5.41) is 11.8. The molecule has 0 spiro atoms. The molecular formula is C13H23NO5. The fourth-order valence-corrected chi connectivity index (χ4v) is 1.49. The van der Waals surface area contributed by atoms with Gasteiger partial charge in [-0.3, -0.25) is 14.4 Å². The van der Waals surface area contributed by atoms with Crippen LogP contribution in [0.4, 0.5) is 0 Å². The molecule has 19 heavy (non-hydrogen) atoms. The molecule has 0 heterocycles. The molecule has 0 aliphatic heterocycles. The Kier molecular flexibility index (Phi) is 7.11. The van der Waals surface area contributed by atoms with Crippen molar-refractivity contribution in [1.82, 2.24) is 5.32 Å². The standard InChI is InChI=1S/C13H23NO5/c1-9(2)13(3,12(17)18)8-10(15)14-7-5-6-11(16)19-4/h9H,5-8H2,1-4H3,(H,14,15)(H,17,18). The zero-order chi connectivity index (χ0) is 15.1. The van der Waals surface area contributed by atoms with E-state index in [4.69, 9.17) is 0 Å². The van der Waals surface area contributed by atoms with Gasteiger partial charge in [0.2, 0.25) is 5.91 Å². The predicted octanol–water partition coefficient (Wildman–Crippen LogP) is 1.19. The van der Waals surface area contributed by atoms with Crippen LogP contribution in [0.1, 0.15) is 40.0 Å². The molecule has 0 aromatic carbocycles. The van der Waals surface area contributed by atoms with Gasteiger partial charge in [0.1, 0.15) is 0 Å². The summed E-state index contributed by atoms with van der Waals surface area (Å²) in [5.41, 5.74) is -1.08. The van der Waals surface area contributed by atoms with Crippen LogP contribution in [-0.4, -0.2) is 36.6 Å². The number of amides is 1. The van der Waals surface area contributed by atoms with Gasteiger partial charge >= 0.3 is 11.9 Å². The number of esters is 1. The first-order valence-electron chi connectivity index (χ1n) is 6.31. The topological polar surface area (TPSA) is 92.7 Å². The van der Waals surface area contributed by atoms with E-state index in [0.29, 0.717) is 13.0 Å². The van der Waals surface area contributed by atoms with E-state index < -0.39 is 11.4 Å². The number of carbonyl (C=O) groups excluding carboxylic acids is 2. The van der Waals surface area contributed by atoms with Crippen LogP contribution in [0.15, 0.2) is 0 Å². The Morgan fingerprint density at radius 3 is 2.32 bits per heavy atom. The number of carbonyl (C=O) groups is 3. The maximum atomic E-state index is 11.7. The molecule has 1 amide bonds. The molecule has 0 bridgehead atoms. The van der Waals surface area contributed by atoms with Gasteiger partial charge in [0.25, 0.3) is 0 Å². The Labute approximate surface area is 113 Å². The van der Waals surface area contributed by atoms with Crippen molar-refractivity contribution in [2.45, 2.75) is 40.0 Å². The number of hydrogen-bond acceptors (Lipinski definition) is 4. The Morgan fingerprint density at radius 1 is 1.32 bits per heavy atom. The normalized spacial score (nSPS) is 13.7. The third-order valence-electron chi connectivity index (χ3n) is 3.40. The summed E-state index contributed by atoms with van der Waals surface area (Å²) in [6.07, 6.45) is 0.638. The zero-order valence-corrected chi connectivity index (χ0v) is 12.0. The van der Waals surface area contributed by atoms with Gasteiger partial charge in [-0.25, -0.2) is 0 Å². The van der Waals surface area contributed by atoms with Crippen LogP contribution >= 0.6 is 0 Å². The molecule has 0 saturated heterocycles. The third-order valence-corrected chi connectivity index (χ3v) is 3.40. The van der Waals surface area contributed by atoms with Crippen molar-refractivity contribution >= 4 is 17.8 Å². The Bertz CT molecular complexity index is 340. The van der Waals surface area contributed by atoms with E-state index in [-0.39, 0.29) is 30.6 Å². The number of hydrogen-bond donors (Lipinski definition) is 2. The second kappa shape index (κ2) is 7.76. The lowest BCUT2D eigenvalue weighted by Crippen LogP contribution is -2.39. The SMILES string of the molecule is COC(=O)CCCNC(=O)CC(C)(C(=O)O)C(C)C. The smallest absolute Gasteiger partial charge is 0.310 e. The highest BCUT2D eigenvalue weighted by molar-refractivity contribution is 5.84. The van der Waals surface area contributed by atoms with Gasteiger partial charge in [0, 0.05) is 19.4 Å². The Hall–Kier alpha value is -1.59. The molecule has 0 aliphatic carbocycles. The van der Waals surface area contributed by atoms with E-state index in [9.17, 15) is 19.5 Å². The van der Waals surface area contributed by atoms with Gasteiger partial charge in [0.15, 0.2) is 0 Å². The number of carboxylic acids is 1. The number of nitrogens with one attached hydrogen (secondary N) is 1. The van der Waals surface area contributed by atoms with Gasteiger partial charge in [-0.1, -0.05) is 13.8 Å². The maximum absolute atomic E-state index is 11.7. The molecule has 110 valence electrons. The van der Waals surface area contributed by atoms with Gasteiger partial charge in [-0.15, -0.1) is 0 Å². The number of ether oxygens (including phenoxy) is 1. The lowest BCUT2D eigenvalue weighted by Gasteiger charge is -2.28. The average Bonchev–Trinajstić information content (AvgIpc) is 2.33. The first kappa shape index (κ1) is 17.4. The molecule has 6 nitrogen and oxygen atoms in total. The van der Waals surface area contributed by atoms with Gasteiger partial charge in [0.05, 0.1) is 12.5 Å². The van der Waals surface area contributed by atoms with Crippen LogP contribution in [0.3, 0.4) is 0 Å². The van der Waals surface area contributed by atoms with Gasteiger partial charge in [-0.05, 0) is 19.3 Å².